The number of alkyl halides is 3. The quantitative estimate of drug-likeness (QED) is 0.244. The molecule has 0 spiro atoms. The summed E-state index contributed by atoms with van der Waals surface area (Å²) in [5, 5.41) is 6.24. The van der Waals surface area contributed by atoms with Gasteiger partial charge in [-0.3, -0.25) is 4.99 Å². The van der Waals surface area contributed by atoms with Gasteiger partial charge in [-0.05, 0) is 30.2 Å². The molecule has 1 aromatic carbocycles. The van der Waals surface area contributed by atoms with Crippen LogP contribution in [0.2, 0.25) is 0 Å². The molecule has 0 unspecified atom stereocenters. The summed E-state index contributed by atoms with van der Waals surface area (Å²) in [5.74, 6) is 2.22. The van der Waals surface area contributed by atoms with E-state index in [4.69, 9.17) is 14.2 Å². The smallest absolute Gasteiger partial charge is 0.417 e. The van der Waals surface area contributed by atoms with E-state index in [0.717, 1.165) is 35.7 Å². The largest absolute Gasteiger partial charge is 0.476 e. The highest BCUT2D eigenvalue weighted by atomic mass is 127. The van der Waals surface area contributed by atoms with Crippen molar-refractivity contribution in [2.45, 2.75) is 12.6 Å². The van der Waals surface area contributed by atoms with Gasteiger partial charge in [-0.25, -0.2) is 4.98 Å². The SMILES string of the molecule is CN=C(NCCOc1ccc(C(F)(F)F)cn1)NCCc1ccc2c(c1)OCO2.I. The molecule has 0 saturated carbocycles. The summed E-state index contributed by atoms with van der Waals surface area (Å²) in [7, 11) is 1.65. The van der Waals surface area contributed by atoms with Crippen molar-refractivity contribution in [1.82, 2.24) is 15.6 Å². The second kappa shape index (κ2) is 11.1. The molecule has 0 fully saturated rings. The molecule has 2 heterocycles. The van der Waals surface area contributed by atoms with E-state index in [1.807, 2.05) is 18.2 Å². The number of pyridine rings is 1. The van der Waals surface area contributed by atoms with E-state index in [9.17, 15) is 13.2 Å². The Morgan fingerprint density at radius 2 is 1.90 bits per heavy atom. The van der Waals surface area contributed by atoms with Gasteiger partial charge in [0.25, 0.3) is 0 Å². The zero-order valence-corrected chi connectivity index (χ0v) is 18.5. The second-order valence-electron chi connectivity index (χ2n) is 6.09. The Hall–Kier alpha value is -2.44. The number of ether oxygens (including phenoxy) is 3. The predicted octanol–water partition coefficient (Wildman–Crippen LogP) is 3.23. The summed E-state index contributed by atoms with van der Waals surface area (Å²) in [6, 6.07) is 7.95. The first-order chi connectivity index (χ1) is 14.0. The number of guanidine groups is 1. The Morgan fingerprint density at radius 1 is 1.13 bits per heavy atom. The van der Waals surface area contributed by atoms with Gasteiger partial charge >= 0.3 is 6.18 Å². The third-order valence-corrected chi connectivity index (χ3v) is 4.07. The predicted molar refractivity (Wildman–Crippen MR) is 116 cm³/mol. The number of hydrogen-bond acceptors (Lipinski definition) is 5. The molecule has 164 valence electrons. The molecule has 0 aliphatic carbocycles. The van der Waals surface area contributed by atoms with Gasteiger partial charge in [0.1, 0.15) is 6.61 Å². The van der Waals surface area contributed by atoms with Crippen LogP contribution in [-0.2, 0) is 12.6 Å². The van der Waals surface area contributed by atoms with Crippen LogP contribution in [0.1, 0.15) is 11.1 Å². The van der Waals surface area contributed by atoms with E-state index in [-0.39, 0.29) is 43.3 Å². The normalized spacial score (nSPS) is 12.9. The van der Waals surface area contributed by atoms with Crippen LogP contribution in [0.3, 0.4) is 0 Å². The average Bonchev–Trinajstić information content (AvgIpc) is 3.17. The molecule has 0 atom stereocenters. The minimum absolute atomic E-state index is 0. The first-order valence-electron chi connectivity index (χ1n) is 8.95. The summed E-state index contributed by atoms with van der Waals surface area (Å²) >= 11 is 0. The minimum atomic E-state index is -4.41. The van der Waals surface area contributed by atoms with Gasteiger partial charge in [0.15, 0.2) is 17.5 Å². The molecule has 1 aromatic heterocycles. The van der Waals surface area contributed by atoms with Gasteiger partial charge in [0.2, 0.25) is 12.7 Å². The van der Waals surface area contributed by atoms with Crippen LogP contribution in [0.15, 0.2) is 41.5 Å². The molecule has 0 radical (unpaired) electrons. The Kier molecular flexibility index (Phi) is 8.81. The molecule has 2 aromatic rings. The maximum atomic E-state index is 12.5. The van der Waals surface area contributed by atoms with Crippen LogP contribution in [0.4, 0.5) is 13.2 Å². The first kappa shape index (κ1) is 23.8. The van der Waals surface area contributed by atoms with Crippen LogP contribution in [-0.4, -0.2) is 44.5 Å². The van der Waals surface area contributed by atoms with Crippen molar-refractivity contribution in [3.63, 3.8) is 0 Å². The molecule has 0 saturated heterocycles. The maximum Gasteiger partial charge on any atom is 0.417 e. The number of nitrogens with zero attached hydrogens (tertiary/aromatic N) is 2. The third kappa shape index (κ3) is 6.82. The highest BCUT2D eigenvalue weighted by Crippen LogP contribution is 2.32. The average molecular weight is 538 g/mol. The number of aromatic nitrogens is 1. The molecule has 1 aliphatic rings. The monoisotopic (exact) mass is 538 g/mol. The molecular formula is C19H22F3IN4O3. The number of benzene rings is 1. The highest BCUT2D eigenvalue weighted by molar-refractivity contribution is 14.0. The lowest BCUT2D eigenvalue weighted by atomic mass is 10.1. The van der Waals surface area contributed by atoms with E-state index >= 15 is 0 Å². The lowest BCUT2D eigenvalue weighted by Gasteiger charge is -2.13. The van der Waals surface area contributed by atoms with Crippen molar-refractivity contribution in [2.75, 3.05) is 33.5 Å². The number of fused-ring (bicyclic) bond motifs is 1. The van der Waals surface area contributed by atoms with Crippen LogP contribution in [0.5, 0.6) is 17.4 Å². The standard InChI is InChI=1S/C19H21F3N4O3.HI/c1-23-18(24-7-6-13-2-4-15-16(10-13)29-12-28-15)25-8-9-27-17-5-3-14(11-26-17)19(20,21)22;/h2-5,10-11H,6-9,12H2,1H3,(H2,23,24,25);1H. The number of rotatable bonds is 7. The molecule has 1 aliphatic heterocycles. The number of nitrogens with one attached hydrogen (secondary N) is 2. The summed E-state index contributed by atoms with van der Waals surface area (Å²) in [5.41, 5.74) is 0.295. The van der Waals surface area contributed by atoms with Gasteiger partial charge < -0.3 is 24.8 Å². The lowest BCUT2D eigenvalue weighted by Crippen LogP contribution is -2.40. The van der Waals surface area contributed by atoms with Gasteiger partial charge in [-0.2, -0.15) is 13.2 Å². The summed E-state index contributed by atoms with van der Waals surface area (Å²) in [4.78, 5) is 7.77. The van der Waals surface area contributed by atoms with Crippen LogP contribution in [0, 0.1) is 0 Å². The number of hydrogen-bond donors (Lipinski definition) is 2. The Morgan fingerprint density at radius 3 is 2.60 bits per heavy atom. The molecule has 0 bridgehead atoms. The van der Waals surface area contributed by atoms with Gasteiger partial charge in [0.05, 0.1) is 12.1 Å². The van der Waals surface area contributed by atoms with E-state index in [2.05, 4.69) is 20.6 Å². The molecule has 7 nitrogen and oxygen atoms in total. The lowest BCUT2D eigenvalue weighted by molar-refractivity contribution is -0.137. The molecule has 2 N–H and O–H groups in total. The van der Waals surface area contributed by atoms with Crippen molar-refractivity contribution >= 4 is 29.9 Å². The Bertz CT molecular complexity index is 848. The van der Waals surface area contributed by atoms with Crippen molar-refractivity contribution in [2.24, 2.45) is 4.99 Å². The van der Waals surface area contributed by atoms with E-state index in [1.165, 1.54) is 6.07 Å². The minimum Gasteiger partial charge on any atom is -0.476 e. The van der Waals surface area contributed by atoms with E-state index in [1.54, 1.807) is 7.05 Å². The molecule has 11 heteroatoms. The summed E-state index contributed by atoms with van der Waals surface area (Å²) < 4.78 is 53.5. The molecule has 30 heavy (non-hydrogen) atoms. The zero-order chi connectivity index (χ0) is 20.7. The van der Waals surface area contributed by atoms with Crippen LogP contribution in [0.25, 0.3) is 0 Å². The number of aliphatic imine (C=N–C) groups is 1. The van der Waals surface area contributed by atoms with E-state index in [0.29, 0.717) is 19.0 Å². The van der Waals surface area contributed by atoms with Crippen molar-refractivity contribution in [3.8, 4) is 17.4 Å². The van der Waals surface area contributed by atoms with Crippen molar-refractivity contribution < 1.29 is 27.4 Å². The molecular weight excluding hydrogens is 516 g/mol. The van der Waals surface area contributed by atoms with Crippen molar-refractivity contribution in [3.05, 3.63) is 47.7 Å². The summed E-state index contributed by atoms with van der Waals surface area (Å²) in [6.45, 7) is 1.53. The molecule has 0 amide bonds. The van der Waals surface area contributed by atoms with E-state index < -0.39 is 11.7 Å². The van der Waals surface area contributed by atoms with Crippen molar-refractivity contribution in [1.29, 1.82) is 0 Å². The maximum absolute atomic E-state index is 12.5. The second-order valence-corrected chi connectivity index (χ2v) is 6.09. The Labute approximate surface area is 189 Å². The Balaban J connectivity index is 0.00000320. The fourth-order valence-electron chi connectivity index (χ4n) is 2.60. The van der Waals surface area contributed by atoms with Gasteiger partial charge in [-0.15, -0.1) is 24.0 Å². The van der Waals surface area contributed by atoms with Gasteiger partial charge in [0, 0.05) is 25.9 Å². The zero-order valence-electron chi connectivity index (χ0n) is 16.2. The number of halogens is 4. The highest BCUT2D eigenvalue weighted by Gasteiger charge is 2.30. The summed E-state index contributed by atoms with van der Waals surface area (Å²) in [6.07, 6.45) is -2.89. The first-order valence-corrected chi connectivity index (χ1v) is 8.95. The third-order valence-electron chi connectivity index (χ3n) is 4.07. The van der Waals surface area contributed by atoms with Crippen LogP contribution < -0.4 is 24.8 Å². The topological polar surface area (TPSA) is 77.0 Å². The van der Waals surface area contributed by atoms with Crippen LogP contribution >= 0.6 is 24.0 Å². The molecule has 3 rings (SSSR count). The fourth-order valence-corrected chi connectivity index (χ4v) is 2.60. The van der Waals surface area contributed by atoms with Gasteiger partial charge in [-0.1, -0.05) is 6.07 Å². The fraction of sp³-hybridized carbons (Fsp3) is 0.368.